The molecule has 0 aromatic carbocycles. The van der Waals surface area contributed by atoms with Crippen LogP contribution in [0.5, 0.6) is 0 Å². The van der Waals surface area contributed by atoms with Gasteiger partial charge in [0, 0.05) is 13.0 Å². The summed E-state index contributed by atoms with van der Waals surface area (Å²) >= 11 is 0. The normalized spacial score (nSPS) is 24.1. The number of rotatable bonds is 9. The Labute approximate surface area is 117 Å². The van der Waals surface area contributed by atoms with E-state index in [-0.39, 0.29) is 11.9 Å². The first-order valence-electron chi connectivity index (χ1n) is 7.52. The van der Waals surface area contributed by atoms with Crippen LogP contribution in [0.1, 0.15) is 46.5 Å². The Balaban J connectivity index is 2.11. The van der Waals surface area contributed by atoms with Gasteiger partial charge in [0.05, 0.1) is 12.7 Å². The number of hydrogen-bond donors (Lipinski definition) is 1. The molecule has 4 nitrogen and oxygen atoms in total. The lowest BCUT2D eigenvalue weighted by Crippen LogP contribution is -2.35. The zero-order valence-corrected chi connectivity index (χ0v) is 12.6. The van der Waals surface area contributed by atoms with Gasteiger partial charge in [-0.1, -0.05) is 13.8 Å². The van der Waals surface area contributed by atoms with Crippen molar-refractivity contribution in [2.75, 3.05) is 19.8 Å². The van der Waals surface area contributed by atoms with Crippen LogP contribution in [0, 0.1) is 17.8 Å². The van der Waals surface area contributed by atoms with Gasteiger partial charge in [-0.05, 0) is 50.5 Å². The molecular formula is C15H29NO3. The van der Waals surface area contributed by atoms with Crippen LogP contribution in [0.3, 0.4) is 0 Å². The topological polar surface area (TPSA) is 61.5 Å². The summed E-state index contributed by atoms with van der Waals surface area (Å²) in [7, 11) is 0. The minimum Gasteiger partial charge on any atom is -0.465 e. The molecular weight excluding hydrogens is 242 g/mol. The van der Waals surface area contributed by atoms with Gasteiger partial charge in [-0.15, -0.1) is 0 Å². The molecule has 0 aliphatic heterocycles. The highest BCUT2D eigenvalue weighted by molar-refractivity contribution is 5.69. The second-order valence-electron chi connectivity index (χ2n) is 6.03. The Morgan fingerprint density at radius 3 is 2.58 bits per heavy atom. The van der Waals surface area contributed by atoms with Gasteiger partial charge in [0.15, 0.2) is 0 Å². The van der Waals surface area contributed by atoms with E-state index in [1.807, 2.05) is 6.92 Å². The van der Waals surface area contributed by atoms with Gasteiger partial charge in [0.1, 0.15) is 0 Å². The van der Waals surface area contributed by atoms with Crippen molar-refractivity contribution in [1.82, 2.24) is 0 Å². The molecule has 0 radical (unpaired) electrons. The highest BCUT2D eigenvalue weighted by atomic mass is 16.5. The summed E-state index contributed by atoms with van der Waals surface area (Å²) in [5, 5.41) is 0. The molecule has 0 unspecified atom stereocenters. The molecule has 1 aliphatic carbocycles. The lowest BCUT2D eigenvalue weighted by Gasteiger charge is -2.34. The molecule has 1 aliphatic rings. The van der Waals surface area contributed by atoms with Gasteiger partial charge in [0.2, 0.25) is 0 Å². The van der Waals surface area contributed by atoms with E-state index in [1.165, 1.54) is 0 Å². The second kappa shape index (κ2) is 8.54. The molecule has 0 bridgehead atoms. The van der Waals surface area contributed by atoms with Crippen molar-refractivity contribution in [1.29, 1.82) is 0 Å². The number of esters is 1. The van der Waals surface area contributed by atoms with Crippen LogP contribution in [0.25, 0.3) is 0 Å². The third-order valence-electron chi connectivity index (χ3n) is 3.67. The summed E-state index contributed by atoms with van der Waals surface area (Å²) < 4.78 is 10.8. The quantitative estimate of drug-likeness (QED) is 0.654. The van der Waals surface area contributed by atoms with Crippen LogP contribution in [-0.2, 0) is 14.3 Å². The summed E-state index contributed by atoms with van der Waals surface area (Å²) in [5.74, 6) is 1.21. The maximum absolute atomic E-state index is 11.7. The molecule has 112 valence electrons. The molecule has 0 saturated heterocycles. The van der Waals surface area contributed by atoms with Crippen molar-refractivity contribution in [3.8, 4) is 0 Å². The predicted octanol–water partition coefficient (Wildman–Crippen LogP) is 2.36. The highest BCUT2D eigenvalue weighted by Crippen LogP contribution is 2.30. The maximum Gasteiger partial charge on any atom is 0.306 e. The van der Waals surface area contributed by atoms with Crippen LogP contribution in [-0.4, -0.2) is 31.8 Å². The van der Waals surface area contributed by atoms with E-state index in [0.717, 1.165) is 25.9 Å². The Morgan fingerprint density at radius 2 is 2.05 bits per heavy atom. The summed E-state index contributed by atoms with van der Waals surface area (Å²) in [6.45, 7) is 8.18. The second-order valence-corrected chi connectivity index (χ2v) is 6.03. The third kappa shape index (κ3) is 6.39. The molecule has 2 N–H and O–H groups in total. The van der Waals surface area contributed by atoms with E-state index in [1.54, 1.807) is 0 Å². The van der Waals surface area contributed by atoms with E-state index < -0.39 is 0 Å². The van der Waals surface area contributed by atoms with Crippen molar-refractivity contribution in [3.63, 3.8) is 0 Å². The fraction of sp³-hybridized carbons (Fsp3) is 0.933. The fourth-order valence-electron chi connectivity index (χ4n) is 2.62. The Kier molecular flexibility index (Phi) is 7.39. The van der Waals surface area contributed by atoms with Crippen LogP contribution in [0.4, 0.5) is 0 Å². The average molecular weight is 271 g/mol. The summed E-state index contributed by atoms with van der Waals surface area (Å²) in [5.41, 5.74) is 5.69. The maximum atomic E-state index is 11.7. The molecule has 19 heavy (non-hydrogen) atoms. The zero-order chi connectivity index (χ0) is 14.3. The van der Waals surface area contributed by atoms with Crippen molar-refractivity contribution in [2.24, 2.45) is 23.5 Å². The van der Waals surface area contributed by atoms with Crippen LogP contribution >= 0.6 is 0 Å². The average Bonchev–Trinajstić information content (AvgIpc) is 2.30. The van der Waals surface area contributed by atoms with Crippen LogP contribution < -0.4 is 5.73 Å². The number of hydrogen-bond acceptors (Lipinski definition) is 4. The monoisotopic (exact) mass is 271 g/mol. The molecule has 1 rings (SSSR count). The van der Waals surface area contributed by atoms with E-state index in [0.29, 0.717) is 37.5 Å². The standard InChI is InChI=1S/C15H29NO3/c1-4-18-14-6-13(7-14)10-19-15(17)8-12(9-16)5-11(2)3/h11-14H,4-10,16H2,1-3H3/t12-,13?,14?/m0/s1. The smallest absolute Gasteiger partial charge is 0.306 e. The molecule has 0 spiro atoms. The third-order valence-corrected chi connectivity index (χ3v) is 3.67. The van der Waals surface area contributed by atoms with Crippen LogP contribution in [0.15, 0.2) is 0 Å². The molecule has 1 atom stereocenters. The van der Waals surface area contributed by atoms with E-state index in [2.05, 4.69) is 13.8 Å². The molecule has 0 heterocycles. The highest BCUT2D eigenvalue weighted by Gasteiger charge is 2.30. The zero-order valence-electron chi connectivity index (χ0n) is 12.6. The number of carbonyl (C=O) groups is 1. The van der Waals surface area contributed by atoms with Crippen molar-refractivity contribution in [2.45, 2.75) is 52.6 Å². The van der Waals surface area contributed by atoms with Crippen molar-refractivity contribution < 1.29 is 14.3 Å². The lowest BCUT2D eigenvalue weighted by atomic mass is 9.83. The predicted molar refractivity (Wildman–Crippen MR) is 75.7 cm³/mol. The minimum absolute atomic E-state index is 0.101. The summed E-state index contributed by atoms with van der Waals surface area (Å²) in [4.78, 5) is 11.7. The van der Waals surface area contributed by atoms with Crippen molar-refractivity contribution in [3.05, 3.63) is 0 Å². The molecule has 1 saturated carbocycles. The summed E-state index contributed by atoms with van der Waals surface area (Å²) in [6.07, 6.45) is 3.87. The lowest BCUT2D eigenvalue weighted by molar-refractivity contribution is -0.149. The summed E-state index contributed by atoms with van der Waals surface area (Å²) in [6, 6.07) is 0. The first-order chi connectivity index (χ1) is 9.05. The fourth-order valence-corrected chi connectivity index (χ4v) is 2.62. The van der Waals surface area contributed by atoms with Gasteiger partial charge in [-0.25, -0.2) is 0 Å². The van der Waals surface area contributed by atoms with E-state index in [9.17, 15) is 4.79 Å². The largest absolute Gasteiger partial charge is 0.465 e. The van der Waals surface area contributed by atoms with Gasteiger partial charge < -0.3 is 15.2 Å². The number of ether oxygens (including phenoxy) is 2. The molecule has 0 amide bonds. The minimum atomic E-state index is -0.101. The Bertz CT molecular complexity index is 262. The Hall–Kier alpha value is -0.610. The Morgan fingerprint density at radius 1 is 1.37 bits per heavy atom. The number of nitrogens with two attached hydrogens (primary N) is 1. The van der Waals surface area contributed by atoms with Crippen LogP contribution in [0.2, 0.25) is 0 Å². The molecule has 0 aromatic rings. The van der Waals surface area contributed by atoms with Crippen molar-refractivity contribution >= 4 is 5.97 Å². The molecule has 4 heteroatoms. The number of carbonyl (C=O) groups excluding carboxylic acids is 1. The van der Waals surface area contributed by atoms with E-state index in [4.69, 9.17) is 15.2 Å². The van der Waals surface area contributed by atoms with Gasteiger partial charge >= 0.3 is 5.97 Å². The van der Waals surface area contributed by atoms with Gasteiger partial charge in [0.25, 0.3) is 0 Å². The first-order valence-corrected chi connectivity index (χ1v) is 7.52. The van der Waals surface area contributed by atoms with Gasteiger partial charge in [-0.2, -0.15) is 0 Å². The van der Waals surface area contributed by atoms with Gasteiger partial charge in [-0.3, -0.25) is 4.79 Å². The first kappa shape index (κ1) is 16.4. The SMILES string of the molecule is CCOC1CC(COC(=O)C[C@@H](CN)CC(C)C)C1. The van der Waals surface area contributed by atoms with E-state index >= 15 is 0 Å². The molecule has 1 fully saturated rings. The molecule has 0 aromatic heterocycles.